The molecule has 0 unspecified atom stereocenters. The first kappa shape index (κ1) is 11.9. The Labute approximate surface area is 104 Å². The summed E-state index contributed by atoms with van der Waals surface area (Å²) >= 11 is 6.02. The van der Waals surface area contributed by atoms with Crippen LogP contribution in [0.4, 0.5) is 5.69 Å². The molecule has 0 atom stereocenters. The van der Waals surface area contributed by atoms with Crippen LogP contribution < -0.4 is 5.32 Å². The van der Waals surface area contributed by atoms with E-state index in [2.05, 4.69) is 5.32 Å². The van der Waals surface area contributed by atoms with E-state index in [1.165, 1.54) is 7.11 Å². The lowest BCUT2D eigenvalue weighted by atomic mass is 9.83. The fourth-order valence-electron chi connectivity index (χ4n) is 2.02. The number of rotatable bonds is 1. The van der Waals surface area contributed by atoms with Crippen LogP contribution in [-0.4, -0.2) is 19.0 Å². The van der Waals surface area contributed by atoms with Crippen LogP contribution in [0.15, 0.2) is 12.1 Å². The Bertz CT molecular complexity index is 523. The predicted molar refractivity (Wildman–Crippen MR) is 64.4 cm³/mol. The maximum Gasteiger partial charge on any atom is 0.339 e. The Kier molecular flexibility index (Phi) is 2.62. The van der Waals surface area contributed by atoms with Crippen LogP contribution in [0.1, 0.15) is 29.8 Å². The average molecular weight is 254 g/mol. The standard InChI is InChI=1S/C12H12ClNO3/c1-12(2)9-7(14-11(12)16)5-4-6(13)8(9)10(15)17-3/h4-5H,1-3H3,(H,14,16). The Morgan fingerprint density at radius 1 is 1.41 bits per heavy atom. The van der Waals surface area contributed by atoms with Gasteiger partial charge in [0.1, 0.15) is 0 Å². The molecule has 1 N–H and O–H groups in total. The molecule has 1 aliphatic rings. The molecule has 5 heteroatoms. The Hall–Kier alpha value is -1.55. The summed E-state index contributed by atoms with van der Waals surface area (Å²) in [5.74, 6) is -0.684. The highest BCUT2D eigenvalue weighted by Gasteiger charge is 2.42. The number of ether oxygens (including phenoxy) is 1. The molecular weight excluding hydrogens is 242 g/mol. The fourth-order valence-corrected chi connectivity index (χ4v) is 2.26. The van der Waals surface area contributed by atoms with Crippen molar-refractivity contribution in [3.05, 3.63) is 28.3 Å². The van der Waals surface area contributed by atoms with Crippen molar-refractivity contribution in [1.29, 1.82) is 0 Å². The number of halogens is 1. The van der Waals surface area contributed by atoms with Crippen molar-refractivity contribution < 1.29 is 14.3 Å². The molecule has 2 rings (SSSR count). The Morgan fingerprint density at radius 2 is 2.06 bits per heavy atom. The van der Waals surface area contributed by atoms with Gasteiger partial charge in [-0.05, 0) is 26.0 Å². The topological polar surface area (TPSA) is 55.4 Å². The molecule has 1 aromatic carbocycles. The van der Waals surface area contributed by atoms with Gasteiger partial charge < -0.3 is 10.1 Å². The number of amides is 1. The van der Waals surface area contributed by atoms with Gasteiger partial charge in [-0.1, -0.05) is 11.6 Å². The summed E-state index contributed by atoms with van der Waals surface area (Å²) in [6.07, 6.45) is 0. The van der Waals surface area contributed by atoms with Crippen LogP contribution in [-0.2, 0) is 14.9 Å². The van der Waals surface area contributed by atoms with Gasteiger partial charge in [0.2, 0.25) is 5.91 Å². The molecular formula is C12H12ClNO3. The molecule has 4 nitrogen and oxygen atoms in total. The van der Waals surface area contributed by atoms with Crippen molar-refractivity contribution in [3.8, 4) is 0 Å². The first-order chi connectivity index (χ1) is 7.89. The number of carbonyl (C=O) groups is 2. The van der Waals surface area contributed by atoms with Crippen LogP contribution in [0.25, 0.3) is 0 Å². The molecule has 1 heterocycles. The molecule has 1 aromatic rings. The van der Waals surface area contributed by atoms with Crippen LogP contribution in [0.5, 0.6) is 0 Å². The highest BCUT2D eigenvalue weighted by Crippen LogP contribution is 2.42. The largest absolute Gasteiger partial charge is 0.465 e. The maximum absolute atomic E-state index is 11.8. The zero-order valence-corrected chi connectivity index (χ0v) is 10.5. The van der Waals surface area contributed by atoms with Crippen molar-refractivity contribution >= 4 is 29.2 Å². The second kappa shape index (κ2) is 3.74. The monoisotopic (exact) mass is 253 g/mol. The van der Waals surface area contributed by atoms with Crippen molar-refractivity contribution in [2.24, 2.45) is 0 Å². The van der Waals surface area contributed by atoms with Crippen LogP contribution in [0, 0.1) is 0 Å². The van der Waals surface area contributed by atoms with Gasteiger partial charge >= 0.3 is 5.97 Å². The number of nitrogens with one attached hydrogen (secondary N) is 1. The summed E-state index contributed by atoms with van der Waals surface area (Å²) in [6, 6.07) is 3.27. The fraction of sp³-hybridized carbons (Fsp3) is 0.333. The van der Waals surface area contributed by atoms with Gasteiger partial charge in [-0.3, -0.25) is 4.79 Å². The van der Waals surface area contributed by atoms with Crippen LogP contribution in [0.2, 0.25) is 5.02 Å². The van der Waals surface area contributed by atoms with E-state index >= 15 is 0 Å². The minimum Gasteiger partial charge on any atom is -0.465 e. The molecule has 0 bridgehead atoms. The Morgan fingerprint density at radius 3 is 2.65 bits per heavy atom. The number of fused-ring (bicyclic) bond motifs is 1. The van der Waals surface area contributed by atoms with Gasteiger partial charge in [-0.2, -0.15) is 0 Å². The van der Waals surface area contributed by atoms with Crippen molar-refractivity contribution in [3.63, 3.8) is 0 Å². The molecule has 0 fully saturated rings. The highest BCUT2D eigenvalue weighted by atomic mass is 35.5. The van der Waals surface area contributed by atoms with Crippen molar-refractivity contribution in [1.82, 2.24) is 0 Å². The second-order valence-corrected chi connectivity index (χ2v) is 4.82. The SMILES string of the molecule is COC(=O)c1c(Cl)ccc2c1C(C)(C)C(=O)N2. The van der Waals surface area contributed by atoms with Crippen LogP contribution in [0.3, 0.4) is 0 Å². The molecule has 0 aromatic heterocycles. The highest BCUT2D eigenvalue weighted by molar-refractivity contribution is 6.34. The lowest BCUT2D eigenvalue weighted by Crippen LogP contribution is -2.28. The summed E-state index contributed by atoms with van der Waals surface area (Å²) in [4.78, 5) is 23.6. The minimum absolute atomic E-state index is 0.153. The summed E-state index contributed by atoms with van der Waals surface area (Å²) < 4.78 is 4.71. The van der Waals surface area contributed by atoms with E-state index in [1.807, 2.05) is 0 Å². The van der Waals surface area contributed by atoms with E-state index in [0.29, 0.717) is 16.3 Å². The van der Waals surface area contributed by atoms with Gasteiger partial charge in [0.25, 0.3) is 0 Å². The van der Waals surface area contributed by atoms with Gasteiger partial charge in [-0.15, -0.1) is 0 Å². The van der Waals surface area contributed by atoms with Gasteiger partial charge in [-0.25, -0.2) is 4.79 Å². The lowest BCUT2D eigenvalue weighted by molar-refractivity contribution is -0.119. The molecule has 0 saturated heterocycles. The summed E-state index contributed by atoms with van der Waals surface area (Å²) in [7, 11) is 1.29. The summed E-state index contributed by atoms with van der Waals surface area (Å²) in [6.45, 7) is 3.49. The molecule has 90 valence electrons. The second-order valence-electron chi connectivity index (χ2n) is 4.42. The van der Waals surface area contributed by atoms with Gasteiger partial charge in [0, 0.05) is 11.3 Å². The van der Waals surface area contributed by atoms with E-state index in [4.69, 9.17) is 16.3 Å². The smallest absolute Gasteiger partial charge is 0.339 e. The quantitative estimate of drug-likeness (QED) is 0.782. The molecule has 0 saturated carbocycles. The lowest BCUT2D eigenvalue weighted by Gasteiger charge is -2.18. The third-order valence-electron chi connectivity index (χ3n) is 2.98. The number of esters is 1. The van der Waals surface area contributed by atoms with Crippen molar-refractivity contribution in [2.45, 2.75) is 19.3 Å². The van der Waals surface area contributed by atoms with E-state index in [-0.39, 0.29) is 11.5 Å². The van der Waals surface area contributed by atoms with Crippen molar-refractivity contribution in [2.75, 3.05) is 12.4 Å². The number of benzene rings is 1. The minimum atomic E-state index is -0.788. The number of carbonyl (C=O) groups excluding carboxylic acids is 2. The predicted octanol–water partition coefficient (Wildman–Crippen LogP) is 2.36. The third kappa shape index (κ3) is 1.60. The maximum atomic E-state index is 11.8. The number of methoxy groups -OCH3 is 1. The third-order valence-corrected chi connectivity index (χ3v) is 3.30. The molecule has 17 heavy (non-hydrogen) atoms. The van der Waals surface area contributed by atoms with E-state index in [0.717, 1.165) is 0 Å². The number of anilines is 1. The molecule has 0 radical (unpaired) electrons. The molecule has 0 aliphatic carbocycles. The number of hydrogen-bond donors (Lipinski definition) is 1. The number of hydrogen-bond acceptors (Lipinski definition) is 3. The molecule has 0 spiro atoms. The first-order valence-electron chi connectivity index (χ1n) is 5.12. The average Bonchev–Trinajstić information content (AvgIpc) is 2.50. The zero-order chi connectivity index (χ0) is 12.8. The Balaban J connectivity index is 2.75. The summed E-state index contributed by atoms with van der Waals surface area (Å²) in [5, 5.41) is 3.02. The van der Waals surface area contributed by atoms with Gasteiger partial charge in [0.05, 0.1) is 23.1 Å². The van der Waals surface area contributed by atoms with Crippen LogP contribution >= 0.6 is 11.6 Å². The van der Waals surface area contributed by atoms with Gasteiger partial charge in [0.15, 0.2) is 0 Å². The van der Waals surface area contributed by atoms with E-state index < -0.39 is 11.4 Å². The van der Waals surface area contributed by atoms with E-state index in [9.17, 15) is 9.59 Å². The normalized spacial score (nSPS) is 16.4. The molecule has 1 amide bonds. The summed E-state index contributed by atoms with van der Waals surface area (Å²) in [5.41, 5.74) is 0.686. The first-order valence-corrected chi connectivity index (χ1v) is 5.50. The zero-order valence-electron chi connectivity index (χ0n) is 9.76. The van der Waals surface area contributed by atoms with E-state index in [1.54, 1.807) is 26.0 Å². The molecule has 1 aliphatic heterocycles.